The van der Waals surface area contributed by atoms with Gasteiger partial charge >= 0.3 is 0 Å². The molecular formula is C11H20. The monoisotopic (exact) mass is 152 g/mol. The molecule has 0 heteroatoms. The van der Waals surface area contributed by atoms with Crippen molar-refractivity contribution < 1.29 is 0 Å². The molecule has 0 nitrogen and oxygen atoms in total. The summed E-state index contributed by atoms with van der Waals surface area (Å²) in [5.74, 6) is 2.73. The van der Waals surface area contributed by atoms with E-state index in [9.17, 15) is 0 Å². The van der Waals surface area contributed by atoms with Crippen LogP contribution in [0.25, 0.3) is 0 Å². The maximum Gasteiger partial charge on any atom is -0.0196 e. The Labute approximate surface area is 70.7 Å². The zero-order chi connectivity index (χ0) is 8.27. The number of allylic oxidation sites excluding steroid dienone is 2. The zero-order valence-corrected chi connectivity index (χ0v) is 8.01. The molecule has 0 N–H and O–H groups in total. The van der Waals surface area contributed by atoms with Crippen LogP contribution in [0.2, 0.25) is 0 Å². The van der Waals surface area contributed by atoms with Crippen molar-refractivity contribution in [1.82, 2.24) is 0 Å². The molecule has 0 heterocycles. The van der Waals surface area contributed by atoms with Gasteiger partial charge in [0.1, 0.15) is 0 Å². The minimum Gasteiger partial charge on any atom is -0.0877 e. The largest absolute Gasteiger partial charge is 0.0877 e. The van der Waals surface area contributed by atoms with E-state index in [-0.39, 0.29) is 0 Å². The highest BCUT2D eigenvalue weighted by atomic mass is 14.2. The van der Waals surface area contributed by atoms with E-state index in [1.54, 1.807) is 0 Å². The van der Waals surface area contributed by atoms with E-state index in [2.05, 4.69) is 32.9 Å². The number of hydrogen-bond acceptors (Lipinski definition) is 0. The number of hydrogen-bond donors (Lipinski definition) is 0. The summed E-state index contributed by atoms with van der Waals surface area (Å²) in [5, 5.41) is 0. The average molecular weight is 152 g/mol. The first kappa shape index (κ1) is 8.83. The maximum absolute atomic E-state index is 2.39. The molecule has 0 saturated heterocycles. The molecule has 0 spiro atoms. The van der Waals surface area contributed by atoms with E-state index in [1.165, 1.54) is 19.3 Å². The highest BCUT2D eigenvalue weighted by Gasteiger charge is 2.17. The van der Waals surface area contributed by atoms with Gasteiger partial charge in [0.05, 0.1) is 0 Å². The molecule has 0 radical (unpaired) electrons. The Hall–Kier alpha value is -0.260. The topological polar surface area (TPSA) is 0 Å². The quantitative estimate of drug-likeness (QED) is 0.539. The van der Waals surface area contributed by atoms with Gasteiger partial charge in [0.2, 0.25) is 0 Å². The zero-order valence-electron chi connectivity index (χ0n) is 8.01. The van der Waals surface area contributed by atoms with Crippen molar-refractivity contribution in [3.05, 3.63) is 12.2 Å². The summed E-state index contributed by atoms with van der Waals surface area (Å²) in [5.41, 5.74) is 0. The fraction of sp³-hybridized carbons (Fsp3) is 0.818. The Morgan fingerprint density at radius 1 is 1.36 bits per heavy atom. The lowest BCUT2D eigenvalue weighted by molar-refractivity contribution is 0.313. The van der Waals surface area contributed by atoms with Crippen LogP contribution in [-0.4, -0.2) is 0 Å². The van der Waals surface area contributed by atoms with Crippen LogP contribution >= 0.6 is 0 Å². The third-order valence-corrected chi connectivity index (χ3v) is 3.14. The second-order valence-corrected chi connectivity index (χ2v) is 4.02. The first-order valence-electron chi connectivity index (χ1n) is 4.90. The lowest BCUT2D eigenvalue weighted by Crippen LogP contribution is -2.14. The third kappa shape index (κ3) is 2.36. The fourth-order valence-corrected chi connectivity index (χ4v) is 1.62. The van der Waals surface area contributed by atoms with Crippen LogP contribution in [0.4, 0.5) is 0 Å². The molecule has 11 heavy (non-hydrogen) atoms. The normalized spacial score (nSPS) is 27.7. The van der Waals surface area contributed by atoms with Gasteiger partial charge in [-0.15, -0.1) is 0 Å². The summed E-state index contributed by atoms with van der Waals surface area (Å²) in [4.78, 5) is 0. The molecule has 1 aliphatic rings. The third-order valence-electron chi connectivity index (χ3n) is 3.14. The van der Waals surface area contributed by atoms with Crippen LogP contribution in [0.5, 0.6) is 0 Å². The van der Waals surface area contributed by atoms with Gasteiger partial charge in [-0.3, -0.25) is 0 Å². The summed E-state index contributed by atoms with van der Waals surface area (Å²) in [6.07, 6.45) is 8.72. The van der Waals surface area contributed by atoms with Crippen molar-refractivity contribution in [3.63, 3.8) is 0 Å². The summed E-state index contributed by atoms with van der Waals surface area (Å²) in [7, 11) is 0. The number of rotatable bonds is 4. The van der Waals surface area contributed by atoms with Crippen molar-refractivity contribution in [2.24, 2.45) is 17.8 Å². The van der Waals surface area contributed by atoms with Gasteiger partial charge in [0, 0.05) is 0 Å². The predicted octanol–water partition coefficient (Wildman–Crippen LogP) is 3.63. The molecule has 0 aromatic heterocycles. The smallest absolute Gasteiger partial charge is 0.0196 e. The van der Waals surface area contributed by atoms with Gasteiger partial charge in [0.25, 0.3) is 0 Å². The van der Waals surface area contributed by atoms with Crippen LogP contribution in [0.15, 0.2) is 12.2 Å². The molecule has 3 atom stereocenters. The van der Waals surface area contributed by atoms with Gasteiger partial charge < -0.3 is 0 Å². The lowest BCUT2D eigenvalue weighted by atomic mass is 9.81. The maximum atomic E-state index is 2.39. The summed E-state index contributed by atoms with van der Waals surface area (Å²) < 4.78 is 0. The van der Waals surface area contributed by atoms with Crippen LogP contribution in [0.1, 0.15) is 40.0 Å². The second kappa shape index (κ2) is 3.94. The van der Waals surface area contributed by atoms with Crippen LogP contribution in [0, 0.1) is 17.8 Å². The first-order chi connectivity index (χ1) is 5.24. The van der Waals surface area contributed by atoms with E-state index >= 15 is 0 Å². The molecule has 0 saturated carbocycles. The minimum atomic E-state index is 0.906. The molecule has 3 unspecified atom stereocenters. The van der Waals surface area contributed by atoms with Gasteiger partial charge in [-0.25, -0.2) is 0 Å². The second-order valence-electron chi connectivity index (χ2n) is 4.02. The predicted molar refractivity (Wildman–Crippen MR) is 50.5 cm³/mol. The Kier molecular flexibility index (Phi) is 3.16. The van der Waals surface area contributed by atoms with E-state index in [1.807, 2.05) is 0 Å². The van der Waals surface area contributed by atoms with Crippen molar-refractivity contribution in [1.29, 1.82) is 0 Å². The fourth-order valence-electron chi connectivity index (χ4n) is 1.62. The van der Waals surface area contributed by atoms with Crippen LogP contribution < -0.4 is 0 Å². The minimum absolute atomic E-state index is 0.906. The van der Waals surface area contributed by atoms with Gasteiger partial charge in [-0.1, -0.05) is 39.3 Å². The van der Waals surface area contributed by atoms with Crippen molar-refractivity contribution in [3.8, 4) is 0 Å². The molecule has 0 bridgehead atoms. The Bertz CT molecular complexity index is 135. The van der Waals surface area contributed by atoms with Crippen LogP contribution in [-0.2, 0) is 0 Å². The van der Waals surface area contributed by atoms with E-state index < -0.39 is 0 Å². The first-order valence-corrected chi connectivity index (χ1v) is 4.90. The van der Waals surface area contributed by atoms with Crippen molar-refractivity contribution in [2.45, 2.75) is 40.0 Å². The molecule has 0 fully saturated rings. The van der Waals surface area contributed by atoms with Crippen LogP contribution in [0.3, 0.4) is 0 Å². The molecule has 0 aliphatic heterocycles. The SMILES string of the molecule is CCC(C)C(C)CC1C=CC1. The molecule has 64 valence electrons. The van der Waals surface area contributed by atoms with Gasteiger partial charge in [-0.2, -0.15) is 0 Å². The molecule has 0 aromatic carbocycles. The Balaban J connectivity index is 2.19. The van der Waals surface area contributed by atoms with Gasteiger partial charge in [0.15, 0.2) is 0 Å². The van der Waals surface area contributed by atoms with E-state index in [4.69, 9.17) is 0 Å². The Morgan fingerprint density at radius 3 is 2.36 bits per heavy atom. The van der Waals surface area contributed by atoms with Crippen molar-refractivity contribution in [2.75, 3.05) is 0 Å². The molecular weight excluding hydrogens is 132 g/mol. The van der Waals surface area contributed by atoms with E-state index in [0.717, 1.165) is 17.8 Å². The summed E-state index contributed by atoms with van der Waals surface area (Å²) in [6.45, 7) is 7.05. The Morgan fingerprint density at radius 2 is 2.00 bits per heavy atom. The van der Waals surface area contributed by atoms with Crippen molar-refractivity contribution >= 4 is 0 Å². The highest BCUT2D eigenvalue weighted by Crippen LogP contribution is 2.29. The standard InChI is InChI=1S/C11H20/c1-4-9(2)10(3)8-11-6-5-7-11/h5-6,9-11H,4,7-8H2,1-3H3. The summed E-state index contributed by atoms with van der Waals surface area (Å²) in [6, 6.07) is 0. The molecule has 0 aromatic rings. The molecule has 1 aliphatic carbocycles. The van der Waals surface area contributed by atoms with E-state index in [0.29, 0.717) is 0 Å². The molecule has 0 amide bonds. The highest BCUT2D eigenvalue weighted by molar-refractivity contribution is 5.02. The average Bonchev–Trinajstić information content (AvgIpc) is 1.94. The lowest BCUT2D eigenvalue weighted by Gasteiger charge is -2.25. The van der Waals surface area contributed by atoms with Gasteiger partial charge in [-0.05, 0) is 30.6 Å². The molecule has 1 rings (SSSR count). The summed E-state index contributed by atoms with van der Waals surface area (Å²) >= 11 is 0.